The Kier molecular flexibility index (Phi) is 11.8. The molecule has 2 unspecified atom stereocenters. The van der Waals surface area contributed by atoms with Crippen LogP contribution in [0.15, 0.2) is 60.7 Å². The lowest BCUT2D eigenvalue weighted by Gasteiger charge is -2.13. The molecule has 0 amide bonds. The molecule has 50 heavy (non-hydrogen) atoms. The Hall–Kier alpha value is -2.06. The largest absolute Gasteiger partial charge is 0.140 e. The van der Waals surface area contributed by atoms with Crippen LogP contribution in [0.25, 0.3) is 60.6 Å². The van der Waals surface area contributed by atoms with Gasteiger partial charge in [-0.3, -0.25) is 0 Å². The number of unbranched alkanes of at least 4 members (excludes halogenated alkanes) is 2. The number of thiophene rings is 6. The molecule has 6 heteroatoms. The van der Waals surface area contributed by atoms with Gasteiger partial charge in [0.05, 0.1) is 0 Å². The van der Waals surface area contributed by atoms with Gasteiger partial charge in [-0.25, -0.2) is 0 Å². The zero-order chi connectivity index (χ0) is 34.8. The fourth-order valence-electron chi connectivity index (χ4n) is 7.34. The molecule has 0 aliphatic carbocycles. The Labute approximate surface area is 323 Å². The topological polar surface area (TPSA) is 0 Å². The van der Waals surface area contributed by atoms with E-state index in [1.54, 1.807) is 9.75 Å². The molecule has 0 saturated carbocycles. The number of rotatable bonds is 16. The van der Waals surface area contributed by atoms with E-state index in [4.69, 9.17) is 0 Å². The van der Waals surface area contributed by atoms with Gasteiger partial charge in [-0.1, -0.05) is 79.1 Å². The highest BCUT2D eigenvalue weighted by Gasteiger charge is 2.25. The molecule has 0 nitrogen and oxygen atoms in total. The van der Waals surface area contributed by atoms with Crippen LogP contribution < -0.4 is 0 Å². The maximum Gasteiger partial charge on any atom is 0.0455 e. The molecule has 0 saturated heterocycles. The van der Waals surface area contributed by atoms with Crippen molar-refractivity contribution in [2.24, 2.45) is 11.8 Å². The minimum atomic E-state index is 0.774. The van der Waals surface area contributed by atoms with E-state index < -0.39 is 0 Å². The molecule has 0 bridgehead atoms. The Bertz CT molecular complexity index is 1960. The van der Waals surface area contributed by atoms with Crippen LogP contribution in [0.1, 0.15) is 98.6 Å². The van der Waals surface area contributed by atoms with Crippen molar-refractivity contribution in [1.29, 1.82) is 0 Å². The Morgan fingerprint density at radius 1 is 0.460 bits per heavy atom. The molecule has 0 N–H and O–H groups in total. The Balaban J connectivity index is 1.43. The average molecular weight is 771 g/mol. The van der Waals surface area contributed by atoms with Gasteiger partial charge in [0.15, 0.2) is 0 Å². The van der Waals surface area contributed by atoms with Crippen LogP contribution in [-0.2, 0) is 12.8 Å². The van der Waals surface area contributed by atoms with Gasteiger partial charge in [0, 0.05) is 80.1 Å². The van der Waals surface area contributed by atoms with Crippen LogP contribution in [0.4, 0.5) is 0 Å². The molecule has 0 spiro atoms. The summed E-state index contributed by atoms with van der Waals surface area (Å²) in [5.74, 6) is 1.55. The summed E-state index contributed by atoms with van der Waals surface area (Å²) in [4.78, 5) is 14.3. The first kappa shape index (κ1) is 36.3. The van der Waals surface area contributed by atoms with Crippen molar-refractivity contribution >= 4 is 88.2 Å². The van der Waals surface area contributed by atoms with E-state index in [1.807, 2.05) is 45.3 Å². The minimum absolute atomic E-state index is 0.774. The summed E-state index contributed by atoms with van der Waals surface area (Å²) < 4.78 is 2.91. The highest BCUT2D eigenvalue weighted by atomic mass is 32.1. The predicted molar refractivity (Wildman–Crippen MR) is 234 cm³/mol. The quantitative estimate of drug-likeness (QED) is 0.0918. The highest BCUT2D eigenvalue weighted by molar-refractivity contribution is 7.29. The van der Waals surface area contributed by atoms with E-state index in [-0.39, 0.29) is 0 Å². The molecular formula is C44H50S6. The van der Waals surface area contributed by atoms with E-state index in [9.17, 15) is 0 Å². The van der Waals surface area contributed by atoms with Crippen LogP contribution in [-0.4, -0.2) is 0 Å². The van der Waals surface area contributed by atoms with Crippen LogP contribution in [0.3, 0.4) is 0 Å². The summed E-state index contributed by atoms with van der Waals surface area (Å²) in [5, 5.41) is 2.87. The predicted octanol–water partition coefficient (Wildman–Crippen LogP) is 17.2. The van der Waals surface area contributed by atoms with Gasteiger partial charge >= 0.3 is 0 Å². The first-order chi connectivity index (χ1) is 24.4. The lowest BCUT2D eigenvalue weighted by Crippen LogP contribution is -2.01. The van der Waals surface area contributed by atoms with E-state index in [0.717, 1.165) is 11.8 Å². The molecule has 0 radical (unpaired) electrons. The molecule has 2 atom stereocenters. The van der Waals surface area contributed by atoms with Crippen LogP contribution >= 0.6 is 68.0 Å². The van der Waals surface area contributed by atoms with Gasteiger partial charge in [0.25, 0.3) is 0 Å². The molecule has 6 heterocycles. The molecule has 7 aromatic rings. The number of hydrogen-bond donors (Lipinski definition) is 0. The summed E-state index contributed by atoms with van der Waals surface area (Å²) in [6, 6.07) is 24.1. The maximum absolute atomic E-state index is 2.54. The molecule has 0 fully saturated rings. The molecule has 6 aromatic heterocycles. The first-order valence-electron chi connectivity index (χ1n) is 18.7. The van der Waals surface area contributed by atoms with Crippen molar-refractivity contribution in [3.63, 3.8) is 0 Å². The molecule has 1 aromatic carbocycles. The smallest absolute Gasteiger partial charge is 0.0455 e. The number of fused-ring (bicyclic) bond motifs is 2. The Morgan fingerprint density at radius 3 is 1.24 bits per heavy atom. The standard InChI is InChI=1S/C44H50S6/c1-7-11-13-29(9-3)23-31-17-21-37(47-31)41-33-25-39(35-19-15-27(5)45-35)50-44(33)42(34-26-40(49-43(34)41)36-20-16-28(6)46-36)38-22-18-32(48-38)24-30(10-4)14-12-8-2/h15-22,25-26,29-30H,7-14,23-24H2,1-6H3. The monoisotopic (exact) mass is 770 g/mol. The van der Waals surface area contributed by atoms with Gasteiger partial charge in [-0.05, 0) is 99.2 Å². The summed E-state index contributed by atoms with van der Waals surface area (Å²) in [7, 11) is 0. The summed E-state index contributed by atoms with van der Waals surface area (Å²) in [6.07, 6.45) is 12.9. The second kappa shape index (κ2) is 16.3. The first-order valence-corrected chi connectivity index (χ1v) is 23.6. The number of benzene rings is 1. The zero-order valence-electron chi connectivity index (χ0n) is 30.4. The van der Waals surface area contributed by atoms with Crippen LogP contribution in [0, 0.1) is 25.7 Å². The SMILES string of the molecule is CCCCC(CC)Cc1ccc(-c2c3cc(-c4ccc(C)s4)sc3c(-c3ccc(CC(CC)CCCC)s3)c3cc(-c4ccc(C)s4)sc23)s1. The van der Waals surface area contributed by atoms with E-state index >= 15 is 0 Å². The molecule has 0 aliphatic rings. The highest BCUT2D eigenvalue weighted by Crippen LogP contribution is 2.55. The normalized spacial score (nSPS) is 13.2. The second-order valence-electron chi connectivity index (χ2n) is 14.1. The van der Waals surface area contributed by atoms with Crippen molar-refractivity contribution in [1.82, 2.24) is 0 Å². The van der Waals surface area contributed by atoms with Gasteiger partial charge in [0.1, 0.15) is 0 Å². The molecule has 7 rings (SSSR count). The lowest BCUT2D eigenvalue weighted by molar-refractivity contribution is 0.452. The Morgan fingerprint density at radius 2 is 0.880 bits per heavy atom. The number of aryl methyl sites for hydroxylation is 2. The minimum Gasteiger partial charge on any atom is -0.140 e. The van der Waals surface area contributed by atoms with Crippen molar-refractivity contribution in [3.05, 3.63) is 80.2 Å². The summed E-state index contributed by atoms with van der Waals surface area (Å²) in [5.41, 5.74) is 2.92. The third-order valence-corrected chi connectivity index (χ3v) is 17.3. The molecular weight excluding hydrogens is 721 g/mol. The van der Waals surface area contributed by atoms with Gasteiger partial charge in [0.2, 0.25) is 0 Å². The van der Waals surface area contributed by atoms with Crippen molar-refractivity contribution in [3.8, 4) is 40.4 Å². The summed E-state index contributed by atoms with van der Waals surface area (Å²) >= 11 is 12.0. The maximum atomic E-state index is 2.54. The average Bonchev–Trinajstić information content (AvgIpc) is 3.97. The second-order valence-corrected chi connectivity index (χ2v) is 21.1. The van der Waals surface area contributed by atoms with Crippen molar-refractivity contribution in [2.75, 3.05) is 0 Å². The van der Waals surface area contributed by atoms with Crippen molar-refractivity contribution in [2.45, 2.75) is 106 Å². The van der Waals surface area contributed by atoms with Crippen LogP contribution in [0.5, 0.6) is 0 Å². The third kappa shape index (κ3) is 7.68. The van der Waals surface area contributed by atoms with E-state index in [1.165, 1.54) is 135 Å². The molecule has 262 valence electrons. The van der Waals surface area contributed by atoms with Gasteiger partial charge < -0.3 is 0 Å². The fourth-order valence-corrected chi connectivity index (χ4v) is 14.2. The third-order valence-electron chi connectivity index (χ3n) is 10.3. The lowest BCUT2D eigenvalue weighted by atomic mass is 9.95. The molecule has 0 aliphatic heterocycles. The fraction of sp³-hybridized carbons (Fsp3) is 0.409. The number of hydrogen-bond acceptors (Lipinski definition) is 6. The van der Waals surface area contributed by atoms with E-state index in [2.05, 4.69) is 125 Å². The van der Waals surface area contributed by atoms with Gasteiger partial charge in [-0.2, -0.15) is 0 Å². The van der Waals surface area contributed by atoms with Crippen molar-refractivity contribution < 1.29 is 0 Å². The zero-order valence-corrected chi connectivity index (χ0v) is 35.3. The van der Waals surface area contributed by atoms with E-state index in [0.29, 0.717) is 0 Å². The van der Waals surface area contributed by atoms with Crippen LogP contribution in [0.2, 0.25) is 0 Å². The summed E-state index contributed by atoms with van der Waals surface area (Å²) in [6.45, 7) is 13.9. The van der Waals surface area contributed by atoms with Gasteiger partial charge in [-0.15, -0.1) is 68.0 Å².